The number of aryl methyl sites for hydroxylation is 1. The second-order valence-corrected chi connectivity index (χ2v) is 7.08. The van der Waals surface area contributed by atoms with E-state index in [4.69, 9.17) is 4.74 Å². The van der Waals surface area contributed by atoms with E-state index in [9.17, 15) is 9.18 Å². The first-order valence-corrected chi connectivity index (χ1v) is 9.73. The first-order chi connectivity index (χ1) is 14.0. The zero-order valence-corrected chi connectivity index (χ0v) is 16.9. The standard InChI is InChI=1S/C23H26FN3O2/c1-4-16(2)19-7-5-6-8-20(19)29-15-21(28)26-22(23-25-13-14-27(23)3)17-9-11-18(24)12-10-17/h5-14,16,22H,4,15H2,1-3H3,(H,26,28). The lowest BCUT2D eigenvalue weighted by Crippen LogP contribution is -2.34. The number of imidazole rings is 1. The Morgan fingerprint density at radius 3 is 2.59 bits per heavy atom. The SMILES string of the molecule is CCC(C)c1ccccc1OCC(=O)NC(c1ccc(F)cc1)c1nccn1C. The maximum atomic E-state index is 13.3. The van der Waals surface area contributed by atoms with E-state index in [1.807, 2.05) is 35.9 Å². The molecule has 152 valence electrons. The number of amides is 1. The molecule has 3 rings (SSSR count). The summed E-state index contributed by atoms with van der Waals surface area (Å²) in [6, 6.07) is 13.3. The minimum absolute atomic E-state index is 0.116. The van der Waals surface area contributed by atoms with Gasteiger partial charge < -0.3 is 14.6 Å². The lowest BCUT2D eigenvalue weighted by Gasteiger charge is -2.20. The average Bonchev–Trinajstić information content (AvgIpc) is 3.16. The molecule has 5 nitrogen and oxygen atoms in total. The first-order valence-electron chi connectivity index (χ1n) is 9.73. The van der Waals surface area contributed by atoms with Crippen LogP contribution in [0.25, 0.3) is 0 Å². The van der Waals surface area contributed by atoms with Crippen molar-refractivity contribution in [2.75, 3.05) is 6.61 Å². The highest BCUT2D eigenvalue weighted by atomic mass is 19.1. The van der Waals surface area contributed by atoms with Gasteiger partial charge in [-0.1, -0.05) is 44.2 Å². The van der Waals surface area contributed by atoms with Crippen molar-refractivity contribution < 1.29 is 13.9 Å². The van der Waals surface area contributed by atoms with Crippen LogP contribution in [0.4, 0.5) is 4.39 Å². The largest absolute Gasteiger partial charge is 0.483 e. The number of halogens is 1. The monoisotopic (exact) mass is 395 g/mol. The lowest BCUT2D eigenvalue weighted by molar-refractivity contribution is -0.123. The summed E-state index contributed by atoms with van der Waals surface area (Å²) in [5.74, 6) is 1.11. The second kappa shape index (κ2) is 9.37. The summed E-state index contributed by atoms with van der Waals surface area (Å²) in [6.45, 7) is 4.14. The van der Waals surface area contributed by atoms with Gasteiger partial charge in [-0.15, -0.1) is 0 Å². The van der Waals surface area contributed by atoms with E-state index >= 15 is 0 Å². The van der Waals surface area contributed by atoms with E-state index in [0.717, 1.165) is 17.5 Å². The van der Waals surface area contributed by atoms with Gasteiger partial charge in [-0.3, -0.25) is 4.79 Å². The molecule has 1 amide bonds. The predicted octanol–water partition coefficient (Wildman–Crippen LogP) is 4.36. The van der Waals surface area contributed by atoms with Crippen LogP contribution in [-0.2, 0) is 11.8 Å². The number of aromatic nitrogens is 2. The third-order valence-corrected chi connectivity index (χ3v) is 5.05. The van der Waals surface area contributed by atoms with Crippen LogP contribution in [0.15, 0.2) is 60.9 Å². The van der Waals surface area contributed by atoms with Crippen molar-refractivity contribution >= 4 is 5.91 Å². The Balaban J connectivity index is 1.75. The Labute approximate surface area is 170 Å². The number of ether oxygens (including phenoxy) is 1. The summed E-state index contributed by atoms with van der Waals surface area (Å²) in [4.78, 5) is 17.0. The molecule has 2 unspecified atom stereocenters. The van der Waals surface area contributed by atoms with Gasteiger partial charge in [0, 0.05) is 19.4 Å². The van der Waals surface area contributed by atoms with Crippen molar-refractivity contribution in [2.45, 2.75) is 32.2 Å². The molecule has 2 aromatic carbocycles. The molecule has 0 radical (unpaired) electrons. The van der Waals surface area contributed by atoms with E-state index in [0.29, 0.717) is 17.5 Å². The van der Waals surface area contributed by atoms with Crippen LogP contribution in [0.2, 0.25) is 0 Å². The molecule has 0 bridgehead atoms. The Morgan fingerprint density at radius 1 is 1.21 bits per heavy atom. The van der Waals surface area contributed by atoms with E-state index < -0.39 is 6.04 Å². The molecule has 0 aliphatic heterocycles. The van der Waals surface area contributed by atoms with E-state index in [1.165, 1.54) is 12.1 Å². The highest BCUT2D eigenvalue weighted by molar-refractivity contribution is 5.78. The van der Waals surface area contributed by atoms with Crippen molar-refractivity contribution in [3.05, 3.63) is 83.7 Å². The Morgan fingerprint density at radius 2 is 1.93 bits per heavy atom. The number of rotatable bonds is 8. The fourth-order valence-corrected chi connectivity index (χ4v) is 3.19. The summed E-state index contributed by atoms with van der Waals surface area (Å²) in [5, 5.41) is 2.96. The van der Waals surface area contributed by atoms with Crippen LogP contribution in [0.3, 0.4) is 0 Å². The smallest absolute Gasteiger partial charge is 0.258 e. The highest BCUT2D eigenvalue weighted by Gasteiger charge is 2.21. The number of nitrogens with zero attached hydrogens (tertiary/aromatic N) is 2. The maximum Gasteiger partial charge on any atom is 0.258 e. The van der Waals surface area contributed by atoms with Gasteiger partial charge in [0.2, 0.25) is 0 Å². The van der Waals surface area contributed by atoms with E-state index in [2.05, 4.69) is 24.1 Å². The molecular formula is C23H26FN3O2. The molecule has 3 aromatic rings. The predicted molar refractivity (Wildman–Crippen MR) is 110 cm³/mol. The van der Waals surface area contributed by atoms with E-state index in [-0.39, 0.29) is 18.3 Å². The molecule has 29 heavy (non-hydrogen) atoms. The summed E-state index contributed by atoms with van der Waals surface area (Å²) in [6.07, 6.45) is 4.45. The minimum Gasteiger partial charge on any atom is -0.483 e. The summed E-state index contributed by atoms with van der Waals surface area (Å²) in [5.41, 5.74) is 1.83. The Hall–Kier alpha value is -3.15. The third kappa shape index (κ3) is 5.02. The zero-order chi connectivity index (χ0) is 20.8. The molecule has 0 fully saturated rings. The fraction of sp³-hybridized carbons (Fsp3) is 0.304. The highest BCUT2D eigenvalue weighted by Crippen LogP contribution is 2.28. The van der Waals surface area contributed by atoms with Gasteiger partial charge in [-0.2, -0.15) is 0 Å². The fourth-order valence-electron chi connectivity index (χ4n) is 3.19. The molecule has 0 saturated carbocycles. The number of hydrogen-bond donors (Lipinski definition) is 1. The second-order valence-electron chi connectivity index (χ2n) is 7.08. The first kappa shape index (κ1) is 20.6. The van der Waals surface area contributed by atoms with Crippen LogP contribution in [-0.4, -0.2) is 22.1 Å². The topological polar surface area (TPSA) is 56.1 Å². The van der Waals surface area contributed by atoms with Crippen molar-refractivity contribution in [3.63, 3.8) is 0 Å². The van der Waals surface area contributed by atoms with Gasteiger partial charge in [-0.25, -0.2) is 9.37 Å². The number of nitrogens with one attached hydrogen (secondary N) is 1. The molecule has 1 N–H and O–H groups in total. The van der Waals surface area contributed by atoms with E-state index in [1.54, 1.807) is 24.5 Å². The molecule has 6 heteroatoms. The molecular weight excluding hydrogens is 369 g/mol. The molecule has 0 saturated heterocycles. The zero-order valence-electron chi connectivity index (χ0n) is 16.9. The normalized spacial score (nSPS) is 13.0. The number of carbonyl (C=O) groups is 1. The van der Waals surface area contributed by atoms with Gasteiger partial charge in [0.05, 0.1) is 0 Å². The summed E-state index contributed by atoms with van der Waals surface area (Å²) >= 11 is 0. The molecule has 2 atom stereocenters. The Bertz CT molecular complexity index is 953. The van der Waals surface area contributed by atoms with Gasteiger partial charge in [-0.05, 0) is 41.7 Å². The lowest BCUT2D eigenvalue weighted by atomic mass is 9.98. The number of para-hydroxylation sites is 1. The average molecular weight is 395 g/mol. The molecule has 0 aliphatic carbocycles. The molecule has 1 aromatic heterocycles. The van der Waals surface area contributed by atoms with Gasteiger partial charge >= 0.3 is 0 Å². The summed E-state index contributed by atoms with van der Waals surface area (Å²) < 4.78 is 21.0. The van der Waals surface area contributed by atoms with Crippen LogP contribution in [0.1, 0.15) is 49.2 Å². The maximum absolute atomic E-state index is 13.3. The molecule has 0 spiro atoms. The van der Waals surface area contributed by atoms with Gasteiger partial charge in [0.1, 0.15) is 23.4 Å². The van der Waals surface area contributed by atoms with Crippen molar-refractivity contribution in [3.8, 4) is 5.75 Å². The van der Waals surface area contributed by atoms with Crippen molar-refractivity contribution in [2.24, 2.45) is 7.05 Å². The van der Waals surface area contributed by atoms with Gasteiger partial charge in [0.25, 0.3) is 5.91 Å². The number of benzene rings is 2. The number of hydrogen-bond acceptors (Lipinski definition) is 3. The van der Waals surface area contributed by atoms with Crippen molar-refractivity contribution in [1.29, 1.82) is 0 Å². The Kier molecular flexibility index (Phi) is 6.65. The number of carbonyl (C=O) groups excluding carboxylic acids is 1. The molecule has 1 heterocycles. The van der Waals surface area contributed by atoms with Gasteiger partial charge in [0.15, 0.2) is 6.61 Å². The minimum atomic E-state index is -0.503. The van der Waals surface area contributed by atoms with Crippen LogP contribution in [0, 0.1) is 5.82 Å². The van der Waals surface area contributed by atoms with Crippen molar-refractivity contribution in [1.82, 2.24) is 14.9 Å². The van der Waals surface area contributed by atoms with Crippen LogP contribution < -0.4 is 10.1 Å². The quantitative estimate of drug-likeness (QED) is 0.617. The third-order valence-electron chi connectivity index (χ3n) is 5.05. The molecule has 0 aliphatic rings. The van der Waals surface area contributed by atoms with Crippen LogP contribution in [0.5, 0.6) is 5.75 Å². The summed E-state index contributed by atoms with van der Waals surface area (Å²) in [7, 11) is 1.85. The van der Waals surface area contributed by atoms with Crippen LogP contribution >= 0.6 is 0 Å².